The van der Waals surface area contributed by atoms with Crippen molar-refractivity contribution in [1.82, 2.24) is 9.88 Å². The van der Waals surface area contributed by atoms with Crippen LogP contribution in [-0.4, -0.2) is 17.0 Å². The van der Waals surface area contributed by atoms with Gasteiger partial charge in [-0.05, 0) is 36.5 Å². The van der Waals surface area contributed by atoms with Crippen molar-refractivity contribution in [3.05, 3.63) is 70.1 Å². The Morgan fingerprint density at radius 1 is 1.25 bits per heavy atom. The molecule has 0 saturated heterocycles. The molecule has 4 nitrogen and oxygen atoms in total. The highest BCUT2D eigenvalue weighted by Crippen LogP contribution is 2.48. The number of hydrogen-bond acceptors (Lipinski definition) is 2. The number of pyridine rings is 1. The predicted molar refractivity (Wildman–Crippen MR) is 85.5 cm³/mol. The van der Waals surface area contributed by atoms with Gasteiger partial charge in [0, 0.05) is 37.3 Å². The topological polar surface area (TPSA) is 51.1 Å². The van der Waals surface area contributed by atoms with E-state index in [1.807, 2.05) is 0 Å². The van der Waals surface area contributed by atoms with E-state index >= 15 is 0 Å². The summed E-state index contributed by atoms with van der Waals surface area (Å²) < 4.78 is 28.2. The molecule has 0 aliphatic heterocycles. The van der Waals surface area contributed by atoms with Gasteiger partial charge in [0.15, 0.2) is 0 Å². The molecule has 2 atom stereocenters. The molecule has 3 rings (SSSR count). The monoisotopic (exact) mass is 332 g/mol. The summed E-state index contributed by atoms with van der Waals surface area (Å²) in [5.41, 5.74) is 0.324. The summed E-state index contributed by atoms with van der Waals surface area (Å²) in [6.45, 7) is 0.982. The number of aryl methyl sites for hydroxylation is 1. The van der Waals surface area contributed by atoms with Crippen molar-refractivity contribution in [1.29, 1.82) is 0 Å². The van der Waals surface area contributed by atoms with Gasteiger partial charge >= 0.3 is 0 Å². The van der Waals surface area contributed by atoms with Crippen LogP contribution in [0, 0.1) is 17.6 Å². The number of nitrogens with one attached hydrogen (secondary N) is 1. The van der Waals surface area contributed by atoms with Gasteiger partial charge in [-0.15, -0.1) is 0 Å². The molecular weight excluding hydrogens is 314 g/mol. The Labute approximate surface area is 138 Å². The zero-order valence-corrected chi connectivity index (χ0v) is 13.0. The fraction of sp³-hybridized carbons (Fsp3) is 0.333. The Kier molecular flexibility index (Phi) is 4.74. The Balaban J connectivity index is 1.45. The number of nitrogens with zero attached hydrogens (tertiary/aromatic N) is 1. The molecule has 1 aliphatic carbocycles. The third kappa shape index (κ3) is 3.69. The Bertz CT molecular complexity index is 804. The fourth-order valence-corrected chi connectivity index (χ4v) is 2.87. The van der Waals surface area contributed by atoms with E-state index in [9.17, 15) is 18.4 Å². The minimum atomic E-state index is -0.617. The molecule has 24 heavy (non-hydrogen) atoms. The maximum atomic E-state index is 13.7. The molecule has 1 saturated carbocycles. The van der Waals surface area contributed by atoms with Crippen LogP contribution in [0.25, 0.3) is 0 Å². The average Bonchev–Trinajstić information content (AvgIpc) is 3.33. The quantitative estimate of drug-likeness (QED) is 0.826. The molecule has 1 N–H and O–H groups in total. The van der Waals surface area contributed by atoms with Gasteiger partial charge in [-0.25, -0.2) is 8.78 Å². The van der Waals surface area contributed by atoms with Crippen LogP contribution >= 0.6 is 0 Å². The van der Waals surface area contributed by atoms with Crippen molar-refractivity contribution in [3.8, 4) is 0 Å². The van der Waals surface area contributed by atoms with Crippen LogP contribution in [0.15, 0.2) is 47.4 Å². The van der Waals surface area contributed by atoms with Crippen LogP contribution in [0.2, 0.25) is 0 Å². The molecule has 1 heterocycles. The smallest absolute Gasteiger partial charge is 0.250 e. The lowest BCUT2D eigenvalue weighted by atomic mass is 10.1. The van der Waals surface area contributed by atoms with E-state index in [2.05, 4.69) is 5.32 Å². The van der Waals surface area contributed by atoms with Gasteiger partial charge in [0.05, 0.1) is 0 Å². The summed E-state index contributed by atoms with van der Waals surface area (Å²) in [6, 6.07) is 8.42. The van der Waals surface area contributed by atoms with Gasteiger partial charge in [0.25, 0.3) is 0 Å². The average molecular weight is 332 g/mol. The number of carbonyl (C=O) groups excluding carboxylic acids is 1. The first-order chi connectivity index (χ1) is 11.6. The van der Waals surface area contributed by atoms with Crippen LogP contribution in [-0.2, 0) is 11.3 Å². The maximum absolute atomic E-state index is 13.7. The fourth-order valence-electron chi connectivity index (χ4n) is 2.87. The number of hydrogen-bond donors (Lipinski definition) is 1. The van der Waals surface area contributed by atoms with E-state index in [1.165, 1.54) is 18.2 Å². The van der Waals surface area contributed by atoms with Crippen LogP contribution in [0.4, 0.5) is 8.78 Å². The lowest BCUT2D eigenvalue weighted by Crippen LogP contribution is -2.28. The molecule has 0 spiro atoms. The molecule has 1 fully saturated rings. The Hall–Kier alpha value is -2.50. The van der Waals surface area contributed by atoms with Crippen molar-refractivity contribution in [2.45, 2.75) is 25.3 Å². The molecule has 0 radical (unpaired) electrons. The molecule has 1 amide bonds. The molecule has 1 aromatic heterocycles. The third-order valence-electron chi connectivity index (χ3n) is 4.26. The molecule has 1 aliphatic rings. The van der Waals surface area contributed by atoms with Crippen LogP contribution in [0.3, 0.4) is 0 Å². The summed E-state index contributed by atoms with van der Waals surface area (Å²) >= 11 is 0. The van der Waals surface area contributed by atoms with Crippen LogP contribution in [0.5, 0.6) is 0 Å². The number of rotatable bonds is 6. The molecule has 2 unspecified atom stereocenters. The van der Waals surface area contributed by atoms with E-state index in [1.54, 1.807) is 22.9 Å². The standard InChI is InChI=1S/C18H18F2N2O2/c19-12-5-6-13(16(20)10-12)14-11-15(14)18(24)21-7-3-9-22-8-2-1-4-17(22)23/h1-2,4-6,8,10,14-15H,3,7,9,11H2,(H,21,24). The van der Waals surface area contributed by atoms with Gasteiger partial charge in [-0.2, -0.15) is 0 Å². The highest BCUT2D eigenvalue weighted by atomic mass is 19.1. The summed E-state index contributed by atoms with van der Waals surface area (Å²) in [7, 11) is 0. The molecular formula is C18H18F2N2O2. The van der Waals surface area contributed by atoms with Crippen molar-refractivity contribution in [2.75, 3.05) is 6.54 Å². The number of aromatic nitrogens is 1. The Morgan fingerprint density at radius 3 is 2.83 bits per heavy atom. The van der Waals surface area contributed by atoms with Gasteiger partial charge in [-0.3, -0.25) is 9.59 Å². The number of halogens is 2. The normalized spacial score (nSPS) is 19.1. The molecule has 2 aromatic rings. The van der Waals surface area contributed by atoms with Gasteiger partial charge in [0.1, 0.15) is 11.6 Å². The minimum Gasteiger partial charge on any atom is -0.356 e. The van der Waals surface area contributed by atoms with Gasteiger partial charge < -0.3 is 9.88 Å². The SMILES string of the molecule is O=C(NCCCn1ccccc1=O)C1CC1c1ccc(F)cc1F. The first-order valence-electron chi connectivity index (χ1n) is 7.94. The highest BCUT2D eigenvalue weighted by molar-refractivity contribution is 5.82. The summed E-state index contributed by atoms with van der Waals surface area (Å²) in [5, 5.41) is 2.81. The van der Waals surface area contributed by atoms with Crippen molar-refractivity contribution in [2.24, 2.45) is 5.92 Å². The summed E-state index contributed by atoms with van der Waals surface area (Å²) in [6.07, 6.45) is 2.92. The zero-order chi connectivity index (χ0) is 17.1. The van der Waals surface area contributed by atoms with Crippen molar-refractivity contribution in [3.63, 3.8) is 0 Å². The molecule has 126 valence electrons. The number of carbonyl (C=O) groups is 1. The van der Waals surface area contributed by atoms with E-state index in [0.29, 0.717) is 31.5 Å². The summed E-state index contributed by atoms with van der Waals surface area (Å²) in [4.78, 5) is 23.6. The molecule has 6 heteroatoms. The largest absolute Gasteiger partial charge is 0.356 e. The van der Waals surface area contributed by atoms with E-state index in [4.69, 9.17) is 0 Å². The number of benzene rings is 1. The zero-order valence-electron chi connectivity index (χ0n) is 13.0. The second kappa shape index (κ2) is 6.95. The van der Waals surface area contributed by atoms with Crippen molar-refractivity contribution >= 4 is 5.91 Å². The van der Waals surface area contributed by atoms with E-state index in [-0.39, 0.29) is 23.3 Å². The minimum absolute atomic E-state index is 0.0714. The first kappa shape index (κ1) is 16.4. The second-order valence-electron chi connectivity index (χ2n) is 5.99. The van der Waals surface area contributed by atoms with Crippen LogP contribution in [0.1, 0.15) is 24.3 Å². The lowest BCUT2D eigenvalue weighted by Gasteiger charge is -2.07. The Morgan fingerprint density at radius 2 is 2.08 bits per heavy atom. The van der Waals surface area contributed by atoms with E-state index in [0.717, 1.165) is 6.07 Å². The summed E-state index contributed by atoms with van der Waals surface area (Å²) in [5.74, 6) is -1.77. The van der Waals surface area contributed by atoms with Crippen LogP contribution < -0.4 is 10.9 Å². The third-order valence-corrected chi connectivity index (χ3v) is 4.26. The predicted octanol–water partition coefficient (Wildman–Crippen LogP) is 2.44. The molecule has 0 bridgehead atoms. The lowest BCUT2D eigenvalue weighted by molar-refractivity contribution is -0.122. The first-order valence-corrected chi connectivity index (χ1v) is 7.94. The number of amides is 1. The van der Waals surface area contributed by atoms with Crippen molar-refractivity contribution < 1.29 is 13.6 Å². The maximum Gasteiger partial charge on any atom is 0.250 e. The van der Waals surface area contributed by atoms with Gasteiger partial charge in [0.2, 0.25) is 11.5 Å². The second-order valence-corrected chi connectivity index (χ2v) is 5.99. The van der Waals surface area contributed by atoms with E-state index < -0.39 is 11.6 Å². The molecule has 1 aromatic carbocycles. The van der Waals surface area contributed by atoms with Gasteiger partial charge in [-0.1, -0.05) is 12.1 Å². The highest BCUT2D eigenvalue weighted by Gasteiger charge is 2.45.